The Hall–Kier alpha value is -1.55. The highest BCUT2D eigenvalue weighted by atomic mass is 16.4. The maximum atomic E-state index is 10.7. The van der Waals surface area contributed by atoms with Gasteiger partial charge in [0.1, 0.15) is 0 Å². The molecule has 0 aliphatic rings. The monoisotopic (exact) mass is 208 g/mol. The van der Waals surface area contributed by atoms with Crippen LogP contribution in [0.3, 0.4) is 0 Å². The summed E-state index contributed by atoms with van der Waals surface area (Å²) in [4.78, 5) is 10.7. The molecule has 1 unspecified atom stereocenters. The number of nitrogens with two attached hydrogens (primary N) is 1. The highest BCUT2D eigenvalue weighted by Crippen LogP contribution is 2.23. The van der Waals surface area contributed by atoms with Crippen molar-refractivity contribution in [2.24, 2.45) is 5.73 Å². The third kappa shape index (κ3) is 2.47. The number of carboxylic acid groups (broad SMARTS) is 1. The standard InChI is InChI=1S/C11H16N2O2/c1-2-11(8-12,13-10(14)15)9-6-4-3-5-7-9/h3-7,13H,2,8,12H2,1H3,(H,14,15). The number of benzene rings is 1. The van der Waals surface area contributed by atoms with Gasteiger partial charge in [0.05, 0.1) is 5.54 Å². The summed E-state index contributed by atoms with van der Waals surface area (Å²) >= 11 is 0. The van der Waals surface area contributed by atoms with Crippen molar-refractivity contribution in [3.05, 3.63) is 35.9 Å². The van der Waals surface area contributed by atoms with Crippen molar-refractivity contribution in [3.8, 4) is 0 Å². The number of hydrogen-bond donors (Lipinski definition) is 3. The average molecular weight is 208 g/mol. The summed E-state index contributed by atoms with van der Waals surface area (Å²) in [6, 6.07) is 9.40. The molecule has 1 rings (SSSR count). The zero-order chi connectivity index (χ0) is 11.3. The van der Waals surface area contributed by atoms with Gasteiger partial charge in [-0.1, -0.05) is 37.3 Å². The van der Waals surface area contributed by atoms with Crippen LogP contribution in [0, 0.1) is 0 Å². The second-order valence-corrected chi connectivity index (χ2v) is 3.44. The first kappa shape index (κ1) is 11.5. The quantitative estimate of drug-likeness (QED) is 0.702. The van der Waals surface area contributed by atoms with E-state index < -0.39 is 11.6 Å². The van der Waals surface area contributed by atoms with Gasteiger partial charge >= 0.3 is 6.09 Å². The fourth-order valence-electron chi connectivity index (χ4n) is 1.64. The van der Waals surface area contributed by atoms with Crippen molar-refractivity contribution in [2.45, 2.75) is 18.9 Å². The molecule has 0 aliphatic heterocycles. The SMILES string of the molecule is CCC(CN)(NC(=O)O)c1ccccc1. The van der Waals surface area contributed by atoms with Gasteiger partial charge in [-0.25, -0.2) is 4.79 Å². The van der Waals surface area contributed by atoms with Crippen LogP contribution in [0.2, 0.25) is 0 Å². The van der Waals surface area contributed by atoms with E-state index in [1.165, 1.54) is 0 Å². The topological polar surface area (TPSA) is 75.3 Å². The molecular formula is C11H16N2O2. The Kier molecular flexibility index (Phi) is 3.68. The van der Waals surface area contributed by atoms with E-state index in [0.29, 0.717) is 6.42 Å². The number of carbonyl (C=O) groups is 1. The molecule has 4 heteroatoms. The summed E-state index contributed by atoms with van der Waals surface area (Å²) in [5.41, 5.74) is 5.90. The van der Waals surface area contributed by atoms with Crippen molar-refractivity contribution in [3.63, 3.8) is 0 Å². The second-order valence-electron chi connectivity index (χ2n) is 3.44. The number of rotatable bonds is 4. The first-order chi connectivity index (χ1) is 7.14. The van der Waals surface area contributed by atoms with E-state index in [1.807, 2.05) is 37.3 Å². The lowest BCUT2D eigenvalue weighted by atomic mass is 9.87. The molecule has 1 aromatic carbocycles. The third-order valence-corrected chi connectivity index (χ3v) is 2.62. The van der Waals surface area contributed by atoms with Crippen LogP contribution in [0.25, 0.3) is 0 Å². The molecule has 0 radical (unpaired) electrons. The molecule has 0 fully saturated rings. The first-order valence-electron chi connectivity index (χ1n) is 4.91. The maximum Gasteiger partial charge on any atom is 0.405 e. The number of nitrogens with one attached hydrogen (secondary N) is 1. The minimum atomic E-state index is -1.05. The molecule has 15 heavy (non-hydrogen) atoms. The van der Waals surface area contributed by atoms with Gasteiger partial charge in [0.25, 0.3) is 0 Å². The molecule has 4 N–H and O–H groups in total. The van der Waals surface area contributed by atoms with E-state index in [0.717, 1.165) is 5.56 Å². The maximum absolute atomic E-state index is 10.7. The molecule has 0 saturated heterocycles. The summed E-state index contributed by atoms with van der Waals surface area (Å²) in [6.45, 7) is 2.16. The zero-order valence-electron chi connectivity index (χ0n) is 8.73. The van der Waals surface area contributed by atoms with Gasteiger partial charge in [0.15, 0.2) is 0 Å². The summed E-state index contributed by atoms with van der Waals surface area (Å²) in [7, 11) is 0. The van der Waals surface area contributed by atoms with Gasteiger partial charge < -0.3 is 16.2 Å². The minimum absolute atomic E-state index is 0.250. The predicted octanol–water partition coefficient (Wildman–Crippen LogP) is 1.52. The third-order valence-electron chi connectivity index (χ3n) is 2.62. The van der Waals surface area contributed by atoms with E-state index in [9.17, 15) is 4.79 Å². The molecule has 0 saturated carbocycles. The Labute approximate surface area is 89.1 Å². The van der Waals surface area contributed by atoms with Crippen LogP contribution in [-0.2, 0) is 5.54 Å². The molecule has 0 spiro atoms. The fraction of sp³-hybridized carbons (Fsp3) is 0.364. The van der Waals surface area contributed by atoms with Crippen molar-refractivity contribution < 1.29 is 9.90 Å². The first-order valence-corrected chi connectivity index (χ1v) is 4.91. The Morgan fingerprint density at radius 3 is 2.47 bits per heavy atom. The normalized spacial score (nSPS) is 14.3. The lowest BCUT2D eigenvalue weighted by Crippen LogP contribution is -2.50. The van der Waals surface area contributed by atoms with Gasteiger partial charge in [0.2, 0.25) is 0 Å². The van der Waals surface area contributed by atoms with Crippen LogP contribution in [0.4, 0.5) is 4.79 Å². The van der Waals surface area contributed by atoms with Gasteiger partial charge in [-0.2, -0.15) is 0 Å². The molecule has 82 valence electrons. The van der Waals surface area contributed by atoms with E-state index >= 15 is 0 Å². The van der Waals surface area contributed by atoms with E-state index in [1.54, 1.807) is 0 Å². The van der Waals surface area contributed by atoms with Crippen molar-refractivity contribution in [1.29, 1.82) is 0 Å². The highest BCUT2D eigenvalue weighted by molar-refractivity contribution is 5.66. The molecule has 0 aromatic heterocycles. The van der Waals surface area contributed by atoms with Crippen LogP contribution < -0.4 is 11.1 Å². The molecule has 1 atom stereocenters. The van der Waals surface area contributed by atoms with E-state index in [4.69, 9.17) is 10.8 Å². The van der Waals surface area contributed by atoms with Crippen LogP contribution in [0.1, 0.15) is 18.9 Å². The molecule has 0 bridgehead atoms. The zero-order valence-corrected chi connectivity index (χ0v) is 8.73. The van der Waals surface area contributed by atoms with Gasteiger partial charge in [0, 0.05) is 6.54 Å². The molecule has 1 aromatic rings. The highest BCUT2D eigenvalue weighted by Gasteiger charge is 2.30. The Morgan fingerprint density at radius 2 is 2.07 bits per heavy atom. The van der Waals surface area contributed by atoms with Crippen LogP contribution in [0.15, 0.2) is 30.3 Å². The largest absolute Gasteiger partial charge is 0.465 e. The molecule has 1 amide bonds. The summed E-state index contributed by atoms with van der Waals surface area (Å²) in [6.07, 6.45) is -0.425. The predicted molar refractivity (Wildman–Crippen MR) is 58.6 cm³/mol. The smallest absolute Gasteiger partial charge is 0.405 e. The van der Waals surface area contributed by atoms with Crippen LogP contribution in [0.5, 0.6) is 0 Å². The van der Waals surface area contributed by atoms with Gasteiger partial charge in [-0.05, 0) is 12.0 Å². The molecule has 4 nitrogen and oxygen atoms in total. The molecule has 0 heterocycles. The van der Waals surface area contributed by atoms with Crippen LogP contribution in [-0.4, -0.2) is 17.7 Å². The van der Waals surface area contributed by atoms with Crippen molar-refractivity contribution in [1.82, 2.24) is 5.32 Å². The van der Waals surface area contributed by atoms with Gasteiger partial charge in [-0.3, -0.25) is 0 Å². The Morgan fingerprint density at radius 1 is 1.47 bits per heavy atom. The molecule has 0 aliphatic carbocycles. The van der Waals surface area contributed by atoms with Gasteiger partial charge in [-0.15, -0.1) is 0 Å². The van der Waals surface area contributed by atoms with Crippen LogP contribution >= 0.6 is 0 Å². The lowest BCUT2D eigenvalue weighted by Gasteiger charge is -2.31. The molecular weight excluding hydrogens is 192 g/mol. The van der Waals surface area contributed by atoms with E-state index in [-0.39, 0.29) is 6.54 Å². The summed E-state index contributed by atoms with van der Waals surface area (Å²) < 4.78 is 0. The Bertz CT molecular complexity index is 321. The van der Waals surface area contributed by atoms with Crippen molar-refractivity contribution >= 4 is 6.09 Å². The lowest BCUT2D eigenvalue weighted by molar-refractivity contribution is 0.176. The second kappa shape index (κ2) is 4.79. The van der Waals surface area contributed by atoms with E-state index in [2.05, 4.69) is 5.32 Å². The average Bonchev–Trinajstić information content (AvgIpc) is 2.27. The fourth-order valence-corrected chi connectivity index (χ4v) is 1.64. The van der Waals surface area contributed by atoms with Crippen molar-refractivity contribution in [2.75, 3.05) is 6.54 Å². The number of hydrogen-bond acceptors (Lipinski definition) is 2. The minimum Gasteiger partial charge on any atom is -0.465 e. The number of amides is 1. The Balaban J connectivity index is 3.05. The summed E-state index contributed by atoms with van der Waals surface area (Å²) in [5.74, 6) is 0. The summed E-state index contributed by atoms with van der Waals surface area (Å²) in [5, 5.41) is 11.3.